The van der Waals surface area contributed by atoms with Crippen LogP contribution in [-0.4, -0.2) is 42.2 Å². The predicted octanol–water partition coefficient (Wildman–Crippen LogP) is 1.64. The van der Waals surface area contributed by atoms with Gasteiger partial charge < -0.3 is 15.0 Å². The number of hydrogen-bond donors (Lipinski definition) is 1. The summed E-state index contributed by atoms with van der Waals surface area (Å²) in [6.45, 7) is 2.99. The summed E-state index contributed by atoms with van der Waals surface area (Å²) in [4.78, 5) is 18.0. The standard InChI is InChI=1S/C14H15N3O2/c18-14(17-9-7-15-8-10-17)19-13-5-6-16-12-4-2-1-3-11(12)13/h1-6,15H,7-10H2. The average Bonchev–Trinajstić information content (AvgIpc) is 2.48. The number of rotatable bonds is 1. The highest BCUT2D eigenvalue weighted by molar-refractivity contribution is 5.87. The molecule has 2 aromatic rings. The molecule has 1 aliphatic rings. The Bertz CT molecular complexity index is 589. The van der Waals surface area contributed by atoms with Crippen LogP contribution in [0.25, 0.3) is 10.9 Å². The molecule has 0 bridgehead atoms. The SMILES string of the molecule is O=C(Oc1ccnc2ccccc12)N1CCNCC1. The molecule has 0 unspecified atom stereocenters. The van der Waals surface area contributed by atoms with Gasteiger partial charge in [0, 0.05) is 37.8 Å². The zero-order valence-electron chi connectivity index (χ0n) is 10.5. The van der Waals surface area contributed by atoms with Crippen LogP contribution in [0.2, 0.25) is 0 Å². The summed E-state index contributed by atoms with van der Waals surface area (Å²) in [6, 6.07) is 9.35. The van der Waals surface area contributed by atoms with Crippen molar-refractivity contribution in [1.29, 1.82) is 0 Å². The minimum Gasteiger partial charge on any atom is -0.409 e. The van der Waals surface area contributed by atoms with Crippen LogP contribution in [0.15, 0.2) is 36.5 Å². The molecule has 5 nitrogen and oxygen atoms in total. The third-order valence-corrected chi connectivity index (χ3v) is 3.18. The molecule has 1 saturated heterocycles. The van der Waals surface area contributed by atoms with Crippen LogP contribution in [0.1, 0.15) is 0 Å². The van der Waals surface area contributed by atoms with Gasteiger partial charge in [0.15, 0.2) is 0 Å². The van der Waals surface area contributed by atoms with E-state index in [4.69, 9.17) is 4.74 Å². The summed E-state index contributed by atoms with van der Waals surface area (Å²) in [7, 11) is 0. The Balaban J connectivity index is 1.82. The summed E-state index contributed by atoms with van der Waals surface area (Å²) >= 11 is 0. The van der Waals surface area contributed by atoms with Gasteiger partial charge in [-0.05, 0) is 18.2 Å². The highest BCUT2D eigenvalue weighted by Crippen LogP contribution is 2.23. The van der Waals surface area contributed by atoms with Gasteiger partial charge in [0.1, 0.15) is 5.75 Å². The molecule has 5 heteroatoms. The Kier molecular flexibility index (Phi) is 3.29. The number of nitrogens with zero attached hydrogens (tertiary/aromatic N) is 2. The summed E-state index contributed by atoms with van der Waals surface area (Å²) in [5.41, 5.74) is 0.827. The molecule has 3 rings (SSSR count). The number of piperazine rings is 1. The minimum atomic E-state index is -0.294. The monoisotopic (exact) mass is 257 g/mol. The molecule has 0 spiro atoms. The predicted molar refractivity (Wildman–Crippen MR) is 72.2 cm³/mol. The smallest absolute Gasteiger partial charge is 0.409 e. The van der Waals surface area contributed by atoms with E-state index in [1.807, 2.05) is 24.3 Å². The average molecular weight is 257 g/mol. The minimum absolute atomic E-state index is 0.294. The number of nitrogens with one attached hydrogen (secondary N) is 1. The molecule has 0 radical (unpaired) electrons. The summed E-state index contributed by atoms with van der Waals surface area (Å²) < 4.78 is 5.49. The topological polar surface area (TPSA) is 54.5 Å². The molecule has 1 aromatic carbocycles. The molecule has 0 saturated carbocycles. The van der Waals surface area contributed by atoms with Gasteiger partial charge in [-0.2, -0.15) is 0 Å². The highest BCUT2D eigenvalue weighted by atomic mass is 16.6. The lowest BCUT2D eigenvalue weighted by atomic mass is 10.2. The fraction of sp³-hybridized carbons (Fsp3) is 0.286. The van der Waals surface area contributed by atoms with Crippen molar-refractivity contribution >= 4 is 17.0 Å². The first-order valence-corrected chi connectivity index (χ1v) is 6.36. The lowest BCUT2D eigenvalue weighted by Gasteiger charge is -2.26. The molecule has 1 aliphatic heterocycles. The molecular formula is C14H15N3O2. The van der Waals surface area contributed by atoms with E-state index < -0.39 is 0 Å². The van der Waals surface area contributed by atoms with Crippen molar-refractivity contribution in [3.8, 4) is 5.75 Å². The second kappa shape index (κ2) is 5.24. The lowest BCUT2D eigenvalue weighted by Crippen LogP contribution is -2.47. The van der Waals surface area contributed by atoms with Crippen molar-refractivity contribution in [3.63, 3.8) is 0 Å². The molecule has 1 aromatic heterocycles. The Morgan fingerprint density at radius 1 is 1.21 bits per heavy atom. The van der Waals surface area contributed by atoms with Crippen LogP contribution in [0.4, 0.5) is 4.79 Å². The molecule has 1 amide bonds. The van der Waals surface area contributed by atoms with E-state index in [-0.39, 0.29) is 6.09 Å². The fourth-order valence-corrected chi connectivity index (χ4v) is 2.16. The Hall–Kier alpha value is -2.14. The van der Waals surface area contributed by atoms with Crippen molar-refractivity contribution in [2.24, 2.45) is 0 Å². The maximum Gasteiger partial charge on any atom is 0.415 e. The van der Waals surface area contributed by atoms with E-state index in [0.717, 1.165) is 24.0 Å². The van der Waals surface area contributed by atoms with Crippen LogP contribution in [-0.2, 0) is 0 Å². The molecule has 2 heterocycles. The van der Waals surface area contributed by atoms with Crippen molar-refractivity contribution in [1.82, 2.24) is 15.2 Å². The van der Waals surface area contributed by atoms with Crippen molar-refractivity contribution < 1.29 is 9.53 Å². The normalized spacial score (nSPS) is 15.5. The number of carbonyl (C=O) groups is 1. The van der Waals surface area contributed by atoms with Gasteiger partial charge >= 0.3 is 6.09 Å². The third-order valence-electron chi connectivity index (χ3n) is 3.18. The van der Waals surface area contributed by atoms with Crippen LogP contribution >= 0.6 is 0 Å². The Morgan fingerprint density at radius 2 is 2.00 bits per heavy atom. The van der Waals surface area contributed by atoms with E-state index in [9.17, 15) is 4.79 Å². The largest absolute Gasteiger partial charge is 0.415 e. The van der Waals surface area contributed by atoms with Gasteiger partial charge in [0.25, 0.3) is 0 Å². The maximum atomic E-state index is 12.1. The van der Waals surface area contributed by atoms with Gasteiger partial charge in [-0.3, -0.25) is 4.98 Å². The van der Waals surface area contributed by atoms with Crippen LogP contribution in [0.3, 0.4) is 0 Å². The van der Waals surface area contributed by atoms with Gasteiger partial charge in [0.2, 0.25) is 0 Å². The Labute approximate surface area is 111 Å². The molecular weight excluding hydrogens is 242 g/mol. The number of amides is 1. The van der Waals surface area contributed by atoms with Gasteiger partial charge in [-0.1, -0.05) is 12.1 Å². The first kappa shape index (κ1) is 11.9. The first-order valence-electron chi connectivity index (χ1n) is 6.36. The fourth-order valence-electron chi connectivity index (χ4n) is 2.16. The van der Waals surface area contributed by atoms with Gasteiger partial charge in [-0.25, -0.2) is 4.79 Å². The number of aromatic nitrogens is 1. The summed E-state index contributed by atoms with van der Waals surface area (Å²) in [5.74, 6) is 0.564. The number of carbonyl (C=O) groups excluding carboxylic acids is 1. The van der Waals surface area contributed by atoms with Crippen molar-refractivity contribution in [3.05, 3.63) is 36.5 Å². The van der Waals surface area contributed by atoms with Crippen LogP contribution in [0.5, 0.6) is 5.75 Å². The number of benzene rings is 1. The third kappa shape index (κ3) is 2.51. The molecule has 0 atom stereocenters. The van der Waals surface area contributed by atoms with Gasteiger partial charge in [0.05, 0.1) is 5.52 Å². The van der Waals surface area contributed by atoms with E-state index >= 15 is 0 Å². The van der Waals surface area contributed by atoms with Crippen molar-refractivity contribution in [2.45, 2.75) is 0 Å². The second-order valence-corrected chi connectivity index (χ2v) is 4.43. The molecule has 19 heavy (non-hydrogen) atoms. The zero-order valence-corrected chi connectivity index (χ0v) is 10.5. The zero-order chi connectivity index (χ0) is 13.1. The van der Waals surface area contributed by atoms with Crippen LogP contribution in [0, 0.1) is 0 Å². The highest BCUT2D eigenvalue weighted by Gasteiger charge is 2.18. The number of fused-ring (bicyclic) bond motifs is 1. The van der Waals surface area contributed by atoms with Gasteiger partial charge in [-0.15, -0.1) is 0 Å². The van der Waals surface area contributed by atoms with E-state index in [0.29, 0.717) is 18.8 Å². The first-order chi connectivity index (χ1) is 9.34. The second-order valence-electron chi connectivity index (χ2n) is 4.43. The number of para-hydroxylation sites is 1. The summed E-state index contributed by atoms with van der Waals surface area (Å²) in [6.07, 6.45) is 1.36. The lowest BCUT2D eigenvalue weighted by molar-refractivity contribution is 0.146. The van der Waals surface area contributed by atoms with Crippen LogP contribution < -0.4 is 10.1 Å². The molecule has 98 valence electrons. The summed E-state index contributed by atoms with van der Waals surface area (Å²) in [5, 5.41) is 4.06. The number of pyridine rings is 1. The number of hydrogen-bond acceptors (Lipinski definition) is 4. The quantitative estimate of drug-likeness (QED) is 0.843. The molecule has 0 aliphatic carbocycles. The molecule has 1 fully saturated rings. The van der Waals surface area contributed by atoms with E-state index in [2.05, 4.69) is 10.3 Å². The van der Waals surface area contributed by atoms with E-state index in [1.54, 1.807) is 17.2 Å². The maximum absolute atomic E-state index is 12.1. The Morgan fingerprint density at radius 3 is 2.84 bits per heavy atom. The van der Waals surface area contributed by atoms with Crippen molar-refractivity contribution in [2.75, 3.05) is 26.2 Å². The van der Waals surface area contributed by atoms with E-state index in [1.165, 1.54) is 0 Å². The number of ether oxygens (including phenoxy) is 1. The molecule has 1 N–H and O–H groups in total.